The molecule has 0 bridgehead atoms. The molecule has 1 rings (SSSR count). The molecule has 3 N–H and O–H groups in total. The van der Waals surface area contributed by atoms with Crippen LogP contribution < -0.4 is 11.1 Å². The van der Waals surface area contributed by atoms with E-state index in [1.807, 2.05) is 13.2 Å². The molecule has 1 amide bonds. The van der Waals surface area contributed by atoms with Gasteiger partial charge in [0.25, 0.3) is 0 Å². The van der Waals surface area contributed by atoms with Crippen LogP contribution in [0.4, 0.5) is 0 Å². The number of carbonyl (C=O) groups is 1. The van der Waals surface area contributed by atoms with E-state index < -0.39 is 0 Å². The summed E-state index contributed by atoms with van der Waals surface area (Å²) in [6, 6.07) is 0. The van der Waals surface area contributed by atoms with Gasteiger partial charge in [0.05, 0.1) is 12.1 Å². The number of rotatable bonds is 5. The molecule has 1 unspecified atom stereocenters. The van der Waals surface area contributed by atoms with Crippen LogP contribution in [-0.2, 0) is 18.4 Å². The molecular weight excluding hydrogens is 228 g/mol. The van der Waals surface area contributed by atoms with Crippen molar-refractivity contribution < 1.29 is 4.79 Å². The molecule has 0 aliphatic carbocycles. The maximum Gasteiger partial charge on any atom is 0.224 e. The number of aromatic nitrogens is 2. The minimum absolute atomic E-state index is 0.0243. The molecule has 0 saturated carbocycles. The van der Waals surface area contributed by atoms with Crippen molar-refractivity contribution in [3.8, 4) is 0 Å². The van der Waals surface area contributed by atoms with Gasteiger partial charge in [0.2, 0.25) is 5.91 Å². The van der Waals surface area contributed by atoms with E-state index in [-0.39, 0.29) is 17.2 Å². The predicted octanol–water partition coefficient (Wildman–Crippen LogP) is 1.05. The normalized spacial score (nSPS) is 13.4. The van der Waals surface area contributed by atoms with Crippen molar-refractivity contribution in [3.63, 3.8) is 0 Å². The Hall–Kier alpha value is -1.36. The lowest BCUT2D eigenvalue weighted by Crippen LogP contribution is -2.36. The molecule has 1 aromatic rings. The Bertz CT molecular complexity index is 392. The van der Waals surface area contributed by atoms with Crippen LogP contribution in [-0.4, -0.2) is 22.2 Å². The highest BCUT2D eigenvalue weighted by Gasteiger charge is 2.23. The molecule has 1 aromatic heterocycles. The summed E-state index contributed by atoms with van der Waals surface area (Å²) in [6.45, 7) is 7.24. The molecule has 18 heavy (non-hydrogen) atoms. The average Bonchev–Trinajstić information content (AvgIpc) is 2.67. The van der Waals surface area contributed by atoms with Crippen molar-refractivity contribution in [2.75, 3.05) is 6.54 Å². The van der Waals surface area contributed by atoms with Crippen LogP contribution in [0.2, 0.25) is 0 Å². The topological polar surface area (TPSA) is 72.9 Å². The van der Waals surface area contributed by atoms with Crippen molar-refractivity contribution >= 4 is 5.91 Å². The van der Waals surface area contributed by atoms with Crippen molar-refractivity contribution in [1.82, 2.24) is 15.1 Å². The van der Waals surface area contributed by atoms with Gasteiger partial charge in [-0.25, -0.2) is 0 Å². The van der Waals surface area contributed by atoms with Gasteiger partial charge in [0.1, 0.15) is 0 Å². The zero-order chi connectivity index (χ0) is 13.8. The molecule has 1 heterocycles. The van der Waals surface area contributed by atoms with Crippen LogP contribution in [0.1, 0.15) is 32.8 Å². The van der Waals surface area contributed by atoms with Crippen molar-refractivity contribution in [2.24, 2.45) is 24.1 Å². The number of hydrogen-bond donors (Lipinski definition) is 2. The Morgan fingerprint density at radius 1 is 1.56 bits per heavy atom. The molecule has 0 aliphatic heterocycles. The smallest absolute Gasteiger partial charge is 0.224 e. The fourth-order valence-corrected chi connectivity index (χ4v) is 1.92. The molecule has 0 aromatic carbocycles. The fourth-order valence-electron chi connectivity index (χ4n) is 1.92. The highest BCUT2D eigenvalue weighted by molar-refractivity contribution is 5.78. The molecule has 0 spiro atoms. The molecular formula is C13H24N4O. The quantitative estimate of drug-likeness (QED) is 0.822. The zero-order valence-electron chi connectivity index (χ0n) is 11.7. The van der Waals surface area contributed by atoms with E-state index in [1.165, 1.54) is 0 Å². The van der Waals surface area contributed by atoms with Gasteiger partial charge in [-0.3, -0.25) is 9.48 Å². The van der Waals surface area contributed by atoms with Crippen molar-refractivity contribution in [1.29, 1.82) is 0 Å². The largest absolute Gasteiger partial charge is 0.352 e. The van der Waals surface area contributed by atoms with Gasteiger partial charge >= 0.3 is 0 Å². The average molecular weight is 252 g/mol. The van der Waals surface area contributed by atoms with E-state index in [0.29, 0.717) is 13.1 Å². The summed E-state index contributed by atoms with van der Waals surface area (Å²) >= 11 is 0. The van der Waals surface area contributed by atoms with Gasteiger partial charge in [-0.2, -0.15) is 5.10 Å². The lowest BCUT2D eigenvalue weighted by Gasteiger charge is -2.24. The predicted molar refractivity (Wildman–Crippen MR) is 71.7 cm³/mol. The second-order valence-corrected chi connectivity index (χ2v) is 5.94. The second-order valence-electron chi connectivity index (χ2n) is 5.94. The summed E-state index contributed by atoms with van der Waals surface area (Å²) < 4.78 is 1.72. The fraction of sp³-hybridized carbons (Fsp3) is 0.692. The first-order valence-corrected chi connectivity index (χ1v) is 6.27. The van der Waals surface area contributed by atoms with Crippen LogP contribution >= 0.6 is 0 Å². The lowest BCUT2D eigenvalue weighted by atomic mass is 9.84. The highest BCUT2D eigenvalue weighted by atomic mass is 16.1. The van der Waals surface area contributed by atoms with Gasteiger partial charge in [-0.1, -0.05) is 20.8 Å². The Morgan fingerprint density at radius 2 is 2.22 bits per heavy atom. The van der Waals surface area contributed by atoms with Crippen LogP contribution in [0.3, 0.4) is 0 Å². The minimum Gasteiger partial charge on any atom is -0.352 e. The number of aryl methyl sites for hydroxylation is 1. The Balaban J connectivity index is 2.47. The second kappa shape index (κ2) is 6.00. The first-order valence-electron chi connectivity index (χ1n) is 6.27. The Kier molecular flexibility index (Phi) is 4.90. The van der Waals surface area contributed by atoms with Crippen LogP contribution in [0.15, 0.2) is 12.4 Å². The molecule has 0 radical (unpaired) electrons. The third-order valence-electron chi connectivity index (χ3n) is 2.74. The van der Waals surface area contributed by atoms with E-state index in [4.69, 9.17) is 5.73 Å². The number of nitrogens with two attached hydrogens (primary N) is 1. The third kappa shape index (κ3) is 4.87. The number of hydrogen-bond acceptors (Lipinski definition) is 3. The summed E-state index contributed by atoms with van der Waals surface area (Å²) in [5, 5.41) is 6.97. The summed E-state index contributed by atoms with van der Waals surface area (Å²) in [5.41, 5.74) is 6.78. The van der Waals surface area contributed by atoms with Crippen LogP contribution in [0, 0.1) is 11.3 Å². The van der Waals surface area contributed by atoms with E-state index in [0.717, 1.165) is 12.0 Å². The summed E-state index contributed by atoms with van der Waals surface area (Å²) in [5.74, 6) is -0.0991. The standard InChI is InChI=1S/C13H24N4O/c1-13(2,3)5-11(6-14)12(18)15-7-10-8-16-17(4)9-10/h8-9,11H,5-7,14H2,1-4H3,(H,15,18). The van der Waals surface area contributed by atoms with Gasteiger partial charge in [0, 0.05) is 31.9 Å². The lowest BCUT2D eigenvalue weighted by molar-refractivity contribution is -0.125. The molecule has 102 valence electrons. The molecule has 1 atom stereocenters. The Labute approximate surface area is 109 Å². The van der Waals surface area contributed by atoms with E-state index >= 15 is 0 Å². The zero-order valence-corrected chi connectivity index (χ0v) is 11.7. The summed E-state index contributed by atoms with van der Waals surface area (Å²) in [4.78, 5) is 12.0. The number of amides is 1. The molecule has 0 fully saturated rings. The molecule has 0 saturated heterocycles. The van der Waals surface area contributed by atoms with Crippen LogP contribution in [0.5, 0.6) is 0 Å². The number of nitrogens with one attached hydrogen (secondary N) is 1. The molecule has 5 heteroatoms. The van der Waals surface area contributed by atoms with Gasteiger partial charge < -0.3 is 11.1 Å². The first-order chi connectivity index (χ1) is 8.31. The number of carbonyl (C=O) groups excluding carboxylic acids is 1. The summed E-state index contributed by atoms with van der Waals surface area (Å²) in [7, 11) is 1.85. The minimum atomic E-state index is -0.123. The molecule has 0 aliphatic rings. The van der Waals surface area contributed by atoms with Crippen LogP contribution in [0.25, 0.3) is 0 Å². The third-order valence-corrected chi connectivity index (χ3v) is 2.74. The monoisotopic (exact) mass is 252 g/mol. The SMILES string of the molecule is Cn1cc(CNC(=O)C(CN)CC(C)(C)C)cn1. The van der Waals surface area contributed by atoms with Gasteiger partial charge in [-0.15, -0.1) is 0 Å². The van der Waals surface area contributed by atoms with Crippen molar-refractivity contribution in [2.45, 2.75) is 33.7 Å². The van der Waals surface area contributed by atoms with E-state index in [9.17, 15) is 4.79 Å². The van der Waals surface area contributed by atoms with Gasteiger partial charge in [-0.05, 0) is 11.8 Å². The number of nitrogens with zero attached hydrogens (tertiary/aromatic N) is 2. The van der Waals surface area contributed by atoms with E-state index in [1.54, 1.807) is 10.9 Å². The maximum absolute atomic E-state index is 12.0. The molecule has 5 nitrogen and oxygen atoms in total. The van der Waals surface area contributed by atoms with E-state index in [2.05, 4.69) is 31.2 Å². The van der Waals surface area contributed by atoms with Gasteiger partial charge in [0.15, 0.2) is 0 Å². The maximum atomic E-state index is 12.0. The van der Waals surface area contributed by atoms with Crippen molar-refractivity contribution in [3.05, 3.63) is 18.0 Å². The first kappa shape index (κ1) is 14.7. The Morgan fingerprint density at radius 3 is 2.67 bits per heavy atom. The highest BCUT2D eigenvalue weighted by Crippen LogP contribution is 2.24. The summed E-state index contributed by atoms with van der Waals surface area (Å²) in [6.07, 6.45) is 4.44.